The molecule has 3 N–H and O–H groups in total. The van der Waals surface area contributed by atoms with E-state index in [0.717, 1.165) is 5.69 Å². The molecule has 0 aliphatic heterocycles. The average molecular weight is 278 g/mol. The minimum absolute atomic E-state index is 0.0836. The zero-order valence-electron chi connectivity index (χ0n) is 12.4. The van der Waals surface area contributed by atoms with Crippen molar-refractivity contribution in [2.24, 2.45) is 0 Å². The third-order valence-electron chi connectivity index (χ3n) is 3.02. The molecule has 0 spiro atoms. The molecule has 0 aliphatic carbocycles. The molecule has 1 aromatic carbocycles. The van der Waals surface area contributed by atoms with Crippen LogP contribution in [-0.2, 0) is 4.79 Å². The van der Waals surface area contributed by atoms with E-state index in [-0.39, 0.29) is 18.4 Å². The fraction of sp³-hybridized carbons (Fsp3) is 0.429. The maximum atomic E-state index is 11.9. The molecule has 6 heteroatoms. The van der Waals surface area contributed by atoms with E-state index in [1.54, 1.807) is 39.3 Å². The fourth-order valence-electron chi connectivity index (χ4n) is 1.85. The Bertz CT molecular complexity index is 500. The normalized spacial score (nSPS) is 10.0. The lowest BCUT2D eigenvalue weighted by atomic mass is 10.1. The van der Waals surface area contributed by atoms with Crippen molar-refractivity contribution in [3.63, 3.8) is 0 Å². The minimum Gasteiger partial charge on any atom is -0.397 e. The summed E-state index contributed by atoms with van der Waals surface area (Å²) in [5.41, 5.74) is 7.79. The van der Waals surface area contributed by atoms with E-state index in [9.17, 15) is 9.59 Å². The highest BCUT2D eigenvalue weighted by atomic mass is 16.2. The summed E-state index contributed by atoms with van der Waals surface area (Å²) in [6.45, 7) is 2.83. The van der Waals surface area contributed by atoms with Crippen LogP contribution in [0.1, 0.15) is 17.3 Å². The SMILES string of the molecule is CCN(CC(=O)NC)c1ccc(C(=O)N(C)C)cc1N. The van der Waals surface area contributed by atoms with Gasteiger partial charge in [0.15, 0.2) is 0 Å². The van der Waals surface area contributed by atoms with Crippen LogP contribution in [0, 0.1) is 0 Å². The van der Waals surface area contributed by atoms with Gasteiger partial charge < -0.3 is 20.9 Å². The lowest BCUT2D eigenvalue weighted by Crippen LogP contribution is -2.36. The minimum atomic E-state index is -0.0994. The van der Waals surface area contributed by atoms with Crippen LogP contribution in [0.2, 0.25) is 0 Å². The molecule has 20 heavy (non-hydrogen) atoms. The van der Waals surface area contributed by atoms with Gasteiger partial charge in [0.25, 0.3) is 5.91 Å². The van der Waals surface area contributed by atoms with E-state index in [4.69, 9.17) is 5.73 Å². The Kier molecular flexibility index (Phi) is 5.37. The van der Waals surface area contributed by atoms with Gasteiger partial charge in [-0.1, -0.05) is 0 Å². The molecule has 0 saturated heterocycles. The Labute approximate surface area is 119 Å². The Morgan fingerprint density at radius 1 is 1.30 bits per heavy atom. The summed E-state index contributed by atoms with van der Waals surface area (Å²) in [7, 11) is 4.98. The first kappa shape index (κ1) is 15.8. The number of hydrogen-bond donors (Lipinski definition) is 2. The van der Waals surface area contributed by atoms with Gasteiger partial charge in [0, 0.05) is 33.3 Å². The Morgan fingerprint density at radius 3 is 2.40 bits per heavy atom. The summed E-state index contributed by atoms with van der Waals surface area (Å²) in [6, 6.07) is 5.14. The maximum Gasteiger partial charge on any atom is 0.253 e. The molecule has 0 radical (unpaired) electrons. The number of hydrogen-bond acceptors (Lipinski definition) is 4. The molecular weight excluding hydrogens is 256 g/mol. The number of nitrogens with two attached hydrogens (primary N) is 1. The van der Waals surface area contributed by atoms with Crippen molar-refractivity contribution < 1.29 is 9.59 Å². The number of amides is 2. The second-order valence-corrected chi connectivity index (χ2v) is 4.66. The van der Waals surface area contributed by atoms with Crippen molar-refractivity contribution in [3.05, 3.63) is 23.8 Å². The first-order valence-electron chi connectivity index (χ1n) is 6.47. The number of rotatable bonds is 5. The molecule has 2 amide bonds. The van der Waals surface area contributed by atoms with Gasteiger partial charge >= 0.3 is 0 Å². The number of carbonyl (C=O) groups is 2. The van der Waals surface area contributed by atoms with Crippen LogP contribution in [0.25, 0.3) is 0 Å². The summed E-state index contributed by atoms with van der Waals surface area (Å²) < 4.78 is 0. The number of nitrogens with one attached hydrogen (secondary N) is 1. The molecule has 110 valence electrons. The van der Waals surface area contributed by atoms with Crippen molar-refractivity contribution in [2.75, 3.05) is 44.9 Å². The highest BCUT2D eigenvalue weighted by Crippen LogP contribution is 2.24. The highest BCUT2D eigenvalue weighted by molar-refractivity contribution is 5.96. The lowest BCUT2D eigenvalue weighted by molar-refractivity contribution is -0.119. The van der Waals surface area contributed by atoms with E-state index >= 15 is 0 Å². The summed E-state index contributed by atoms with van der Waals surface area (Å²) in [4.78, 5) is 26.7. The first-order chi connectivity index (χ1) is 9.40. The number of likely N-dealkylation sites (N-methyl/N-ethyl adjacent to an activating group) is 2. The van der Waals surface area contributed by atoms with Crippen molar-refractivity contribution in [1.29, 1.82) is 0 Å². The Balaban J connectivity index is 3.02. The van der Waals surface area contributed by atoms with Crippen molar-refractivity contribution >= 4 is 23.2 Å². The molecule has 1 aromatic rings. The van der Waals surface area contributed by atoms with Gasteiger partial charge in [-0.3, -0.25) is 9.59 Å². The van der Waals surface area contributed by atoms with Crippen LogP contribution in [-0.4, -0.2) is 50.9 Å². The lowest BCUT2D eigenvalue weighted by Gasteiger charge is -2.24. The molecule has 0 saturated carbocycles. The third kappa shape index (κ3) is 3.63. The standard InChI is InChI=1S/C14H22N4O2/c1-5-18(9-13(19)16-2)12-7-6-10(8-11(12)15)14(20)17(3)4/h6-8H,5,9,15H2,1-4H3,(H,16,19). The van der Waals surface area contributed by atoms with Crippen molar-refractivity contribution in [2.45, 2.75) is 6.92 Å². The number of carbonyl (C=O) groups excluding carboxylic acids is 2. The van der Waals surface area contributed by atoms with Crippen LogP contribution in [0.4, 0.5) is 11.4 Å². The van der Waals surface area contributed by atoms with Crippen molar-refractivity contribution in [3.8, 4) is 0 Å². The van der Waals surface area contributed by atoms with Gasteiger partial charge in [-0.05, 0) is 25.1 Å². The second-order valence-electron chi connectivity index (χ2n) is 4.66. The molecule has 0 aliphatic rings. The molecule has 0 aromatic heterocycles. The van der Waals surface area contributed by atoms with Crippen molar-refractivity contribution in [1.82, 2.24) is 10.2 Å². The van der Waals surface area contributed by atoms with Gasteiger partial charge in [0.1, 0.15) is 0 Å². The third-order valence-corrected chi connectivity index (χ3v) is 3.02. The smallest absolute Gasteiger partial charge is 0.253 e. The highest BCUT2D eigenvalue weighted by Gasteiger charge is 2.14. The predicted octanol–water partition coefficient (Wildman–Crippen LogP) is 0.543. The number of nitrogens with zero attached hydrogens (tertiary/aromatic N) is 2. The Morgan fingerprint density at radius 2 is 1.95 bits per heavy atom. The van der Waals surface area contributed by atoms with Crippen LogP contribution >= 0.6 is 0 Å². The molecule has 0 heterocycles. The van der Waals surface area contributed by atoms with Crippen LogP contribution < -0.4 is 16.0 Å². The zero-order valence-corrected chi connectivity index (χ0v) is 12.4. The molecular formula is C14H22N4O2. The molecule has 6 nitrogen and oxygen atoms in total. The molecule has 0 bridgehead atoms. The molecule has 0 fully saturated rings. The fourth-order valence-corrected chi connectivity index (χ4v) is 1.85. The van der Waals surface area contributed by atoms with E-state index in [1.807, 2.05) is 11.8 Å². The summed E-state index contributed by atoms with van der Waals surface area (Å²) in [5, 5.41) is 2.58. The Hall–Kier alpha value is -2.24. The number of anilines is 2. The topological polar surface area (TPSA) is 78.7 Å². The number of benzene rings is 1. The number of nitrogen functional groups attached to an aromatic ring is 1. The molecule has 0 atom stereocenters. The van der Waals surface area contributed by atoms with Gasteiger partial charge in [-0.15, -0.1) is 0 Å². The van der Waals surface area contributed by atoms with Gasteiger partial charge in [-0.2, -0.15) is 0 Å². The van der Waals surface area contributed by atoms with Crippen LogP contribution in [0.3, 0.4) is 0 Å². The predicted molar refractivity (Wildman–Crippen MR) is 80.8 cm³/mol. The van der Waals surface area contributed by atoms with Crippen LogP contribution in [0.5, 0.6) is 0 Å². The van der Waals surface area contributed by atoms with Gasteiger partial charge in [0.2, 0.25) is 5.91 Å². The van der Waals surface area contributed by atoms with E-state index in [1.165, 1.54) is 4.90 Å². The molecule has 0 unspecified atom stereocenters. The van der Waals surface area contributed by atoms with E-state index < -0.39 is 0 Å². The largest absolute Gasteiger partial charge is 0.397 e. The average Bonchev–Trinajstić information content (AvgIpc) is 2.43. The van der Waals surface area contributed by atoms with Crippen LogP contribution in [0.15, 0.2) is 18.2 Å². The quantitative estimate of drug-likeness (QED) is 0.771. The molecule has 1 rings (SSSR count). The second kappa shape index (κ2) is 6.79. The summed E-state index contributed by atoms with van der Waals surface area (Å²) >= 11 is 0. The first-order valence-corrected chi connectivity index (χ1v) is 6.47. The summed E-state index contributed by atoms with van der Waals surface area (Å²) in [6.07, 6.45) is 0. The zero-order chi connectivity index (χ0) is 15.3. The van der Waals surface area contributed by atoms with Gasteiger partial charge in [0.05, 0.1) is 17.9 Å². The summed E-state index contributed by atoms with van der Waals surface area (Å²) in [5.74, 6) is -0.183. The van der Waals surface area contributed by atoms with E-state index in [0.29, 0.717) is 17.8 Å². The monoisotopic (exact) mass is 278 g/mol. The van der Waals surface area contributed by atoms with E-state index in [2.05, 4.69) is 5.32 Å². The maximum absolute atomic E-state index is 11.9. The van der Waals surface area contributed by atoms with Gasteiger partial charge in [-0.25, -0.2) is 0 Å².